The molecule has 0 aliphatic carbocycles. The number of carbonyl (C=O) groups is 2. The van der Waals surface area contributed by atoms with Crippen molar-refractivity contribution in [2.45, 2.75) is 13.3 Å². The fourth-order valence-electron chi connectivity index (χ4n) is 3.53. The minimum absolute atomic E-state index is 0.101. The van der Waals surface area contributed by atoms with Crippen LogP contribution in [0.25, 0.3) is 10.8 Å². The van der Waals surface area contributed by atoms with E-state index in [2.05, 4.69) is 5.32 Å². The predicted octanol–water partition coefficient (Wildman–Crippen LogP) is 4.28. The molecule has 4 rings (SSSR count). The zero-order valence-electron chi connectivity index (χ0n) is 14.9. The van der Waals surface area contributed by atoms with Crippen molar-refractivity contribution in [3.63, 3.8) is 0 Å². The smallest absolute Gasteiger partial charge is 0.229 e. The maximum absolute atomic E-state index is 13.9. The molecule has 1 aliphatic rings. The van der Waals surface area contributed by atoms with Gasteiger partial charge in [-0.25, -0.2) is 4.39 Å². The van der Waals surface area contributed by atoms with Gasteiger partial charge in [-0.1, -0.05) is 42.5 Å². The second-order valence-electron chi connectivity index (χ2n) is 6.88. The Kier molecular flexibility index (Phi) is 4.36. The number of fused-ring (bicyclic) bond motifs is 1. The maximum Gasteiger partial charge on any atom is 0.229 e. The molecule has 0 aromatic heterocycles. The van der Waals surface area contributed by atoms with Gasteiger partial charge in [-0.15, -0.1) is 0 Å². The van der Waals surface area contributed by atoms with E-state index in [-0.39, 0.29) is 30.5 Å². The van der Waals surface area contributed by atoms with Gasteiger partial charge >= 0.3 is 0 Å². The van der Waals surface area contributed by atoms with Crippen LogP contribution >= 0.6 is 0 Å². The number of hydrogen-bond donors (Lipinski definition) is 1. The first-order valence-electron chi connectivity index (χ1n) is 8.88. The molecule has 1 N–H and O–H groups in total. The molecule has 0 radical (unpaired) electrons. The number of halogens is 1. The summed E-state index contributed by atoms with van der Waals surface area (Å²) in [6, 6.07) is 18.2. The van der Waals surface area contributed by atoms with Crippen LogP contribution in [0.2, 0.25) is 0 Å². The van der Waals surface area contributed by atoms with Crippen LogP contribution in [0, 0.1) is 18.7 Å². The average molecular weight is 362 g/mol. The fraction of sp³-hybridized carbons (Fsp3) is 0.182. The molecule has 1 atom stereocenters. The standard InChI is InChI=1S/C22H19FN2O2/c1-14-9-10-18(23)19(11-14)24-22(27)16-12-21(26)25(13-16)20-8-4-6-15-5-2-3-7-17(15)20/h2-11,16H,12-13H2,1H3,(H,24,27)/t16-/m0/s1. The summed E-state index contributed by atoms with van der Waals surface area (Å²) in [5, 5.41) is 4.64. The monoisotopic (exact) mass is 362 g/mol. The van der Waals surface area contributed by atoms with Gasteiger partial charge in [0.1, 0.15) is 5.82 Å². The lowest BCUT2D eigenvalue weighted by molar-refractivity contribution is -0.122. The van der Waals surface area contributed by atoms with Crippen LogP contribution in [-0.4, -0.2) is 18.4 Å². The van der Waals surface area contributed by atoms with Gasteiger partial charge in [0.05, 0.1) is 17.3 Å². The Bertz CT molecular complexity index is 1040. The van der Waals surface area contributed by atoms with Gasteiger partial charge in [-0.05, 0) is 36.1 Å². The normalized spacial score (nSPS) is 16.7. The van der Waals surface area contributed by atoms with E-state index in [0.717, 1.165) is 22.0 Å². The van der Waals surface area contributed by atoms with Gasteiger partial charge < -0.3 is 10.2 Å². The number of benzene rings is 3. The van der Waals surface area contributed by atoms with Crippen LogP contribution in [0.1, 0.15) is 12.0 Å². The molecule has 0 bridgehead atoms. The second-order valence-corrected chi connectivity index (χ2v) is 6.88. The van der Waals surface area contributed by atoms with E-state index < -0.39 is 11.7 Å². The molecule has 27 heavy (non-hydrogen) atoms. The third-order valence-corrected chi connectivity index (χ3v) is 4.93. The summed E-state index contributed by atoms with van der Waals surface area (Å²) in [4.78, 5) is 26.8. The third kappa shape index (κ3) is 3.28. The zero-order chi connectivity index (χ0) is 19.0. The molecule has 1 fully saturated rings. The Hall–Kier alpha value is -3.21. The van der Waals surface area contributed by atoms with Crippen molar-refractivity contribution >= 4 is 34.0 Å². The average Bonchev–Trinajstić information content (AvgIpc) is 3.06. The Labute approximate surface area is 156 Å². The summed E-state index contributed by atoms with van der Waals surface area (Å²) in [7, 11) is 0. The van der Waals surface area contributed by atoms with E-state index in [9.17, 15) is 14.0 Å². The van der Waals surface area contributed by atoms with Crippen LogP contribution < -0.4 is 10.2 Å². The van der Waals surface area contributed by atoms with Gasteiger partial charge in [0.15, 0.2) is 0 Å². The van der Waals surface area contributed by atoms with Gasteiger partial charge in [-0.3, -0.25) is 9.59 Å². The van der Waals surface area contributed by atoms with E-state index in [1.807, 2.05) is 49.4 Å². The number of anilines is 2. The molecule has 5 heteroatoms. The SMILES string of the molecule is Cc1ccc(F)c(NC(=O)[C@H]2CC(=O)N(c3cccc4ccccc34)C2)c1. The van der Waals surface area contributed by atoms with Crippen molar-refractivity contribution in [1.82, 2.24) is 0 Å². The molecular formula is C22H19FN2O2. The number of nitrogens with one attached hydrogen (secondary N) is 1. The first-order valence-corrected chi connectivity index (χ1v) is 8.88. The summed E-state index contributed by atoms with van der Waals surface area (Å²) < 4.78 is 13.9. The Morgan fingerprint density at radius 3 is 2.74 bits per heavy atom. The van der Waals surface area contributed by atoms with Crippen LogP contribution in [0.4, 0.5) is 15.8 Å². The summed E-state index contributed by atoms with van der Waals surface area (Å²) >= 11 is 0. The van der Waals surface area contributed by atoms with Crippen LogP contribution in [-0.2, 0) is 9.59 Å². The highest BCUT2D eigenvalue weighted by atomic mass is 19.1. The van der Waals surface area contributed by atoms with Crippen LogP contribution in [0.3, 0.4) is 0 Å². The molecule has 2 amide bonds. The lowest BCUT2D eigenvalue weighted by Gasteiger charge is -2.19. The first kappa shape index (κ1) is 17.2. The van der Waals surface area contributed by atoms with Crippen molar-refractivity contribution in [3.8, 4) is 0 Å². The molecular weight excluding hydrogens is 343 g/mol. The molecule has 1 aliphatic heterocycles. The van der Waals surface area contributed by atoms with Gasteiger partial charge in [0.2, 0.25) is 11.8 Å². The molecule has 0 unspecified atom stereocenters. The van der Waals surface area contributed by atoms with Crippen molar-refractivity contribution in [2.24, 2.45) is 5.92 Å². The summed E-state index contributed by atoms with van der Waals surface area (Å²) in [5.41, 5.74) is 1.80. The molecule has 0 spiro atoms. The molecule has 0 saturated carbocycles. The van der Waals surface area contributed by atoms with E-state index in [1.165, 1.54) is 6.07 Å². The lowest BCUT2D eigenvalue weighted by atomic mass is 10.1. The highest BCUT2D eigenvalue weighted by Gasteiger charge is 2.36. The highest BCUT2D eigenvalue weighted by Crippen LogP contribution is 2.32. The molecule has 1 saturated heterocycles. The Morgan fingerprint density at radius 2 is 1.89 bits per heavy atom. The molecule has 1 heterocycles. The first-order chi connectivity index (χ1) is 13.0. The van der Waals surface area contributed by atoms with Crippen LogP contribution in [0.5, 0.6) is 0 Å². The fourth-order valence-corrected chi connectivity index (χ4v) is 3.53. The summed E-state index contributed by atoms with van der Waals surface area (Å²) in [5.74, 6) is -1.44. The Balaban J connectivity index is 1.57. The number of amides is 2. The van der Waals surface area contributed by atoms with Gasteiger partial charge in [0, 0.05) is 18.4 Å². The van der Waals surface area contributed by atoms with E-state index in [0.29, 0.717) is 0 Å². The minimum atomic E-state index is -0.517. The Morgan fingerprint density at radius 1 is 1.11 bits per heavy atom. The summed E-state index contributed by atoms with van der Waals surface area (Å²) in [6.45, 7) is 2.11. The van der Waals surface area contributed by atoms with Crippen molar-refractivity contribution in [3.05, 3.63) is 72.0 Å². The highest BCUT2D eigenvalue weighted by molar-refractivity contribution is 6.08. The number of carbonyl (C=O) groups excluding carboxylic acids is 2. The molecule has 136 valence electrons. The van der Waals surface area contributed by atoms with Gasteiger partial charge in [0.25, 0.3) is 0 Å². The number of nitrogens with zero attached hydrogens (tertiary/aromatic N) is 1. The number of hydrogen-bond acceptors (Lipinski definition) is 2. The zero-order valence-corrected chi connectivity index (χ0v) is 14.9. The predicted molar refractivity (Wildman–Crippen MR) is 104 cm³/mol. The topological polar surface area (TPSA) is 49.4 Å². The number of aryl methyl sites for hydroxylation is 1. The third-order valence-electron chi connectivity index (χ3n) is 4.93. The minimum Gasteiger partial charge on any atom is -0.323 e. The maximum atomic E-state index is 13.9. The molecule has 4 nitrogen and oxygen atoms in total. The van der Waals surface area contributed by atoms with Crippen molar-refractivity contribution in [2.75, 3.05) is 16.8 Å². The van der Waals surface area contributed by atoms with Crippen molar-refractivity contribution in [1.29, 1.82) is 0 Å². The number of rotatable bonds is 3. The summed E-state index contributed by atoms with van der Waals surface area (Å²) in [6.07, 6.45) is 0.114. The quantitative estimate of drug-likeness (QED) is 0.756. The van der Waals surface area contributed by atoms with Crippen LogP contribution in [0.15, 0.2) is 60.7 Å². The van der Waals surface area contributed by atoms with Crippen molar-refractivity contribution < 1.29 is 14.0 Å². The van der Waals surface area contributed by atoms with E-state index >= 15 is 0 Å². The second kappa shape index (κ2) is 6.83. The van der Waals surface area contributed by atoms with E-state index in [4.69, 9.17) is 0 Å². The molecule has 3 aromatic carbocycles. The van der Waals surface area contributed by atoms with Gasteiger partial charge in [-0.2, -0.15) is 0 Å². The largest absolute Gasteiger partial charge is 0.323 e. The molecule has 3 aromatic rings. The van der Waals surface area contributed by atoms with E-state index in [1.54, 1.807) is 17.0 Å². The lowest BCUT2D eigenvalue weighted by Crippen LogP contribution is -2.28.